The molecule has 2 heteroatoms. The molecule has 0 saturated carbocycles. The van der Waals surface area contributed by atoms with E-state index in [2.05, 4.69) is 5.32 Å². The molecule has 0 bridgehead atoms. The van der Waals surface area contributed by atoms with Gasteiger partial charge < -0.3 is 5.32 Å². The van der Waals surface area contributed by atoms with Gasteiger partial charge in [0.1, 0.15) is 0 Å². The number of hydrogen-bond acceptors (Lipinski definition) is 2. The van der Waals surface area contributed by atoms with Crippen molar-refractivity contribution in [3.63, 3.8) is 0 Å². The highest BCUT2D eigenvalue weighted by Gasteiger charge is 1.88. The topological polar surface area (TPSA) is 29.1 Å². The molecule has 0 heterocycles. The van der Waals surface area contributed by atoms with Gasteiger partial charge in [-0.05, 0) is 20.0 Å². The number of ketones is 1. The minimum Gasteiger partial charge on any atom is -0.313 e. The number of carbonyl (C=O) groups is 1. The summed E-state index contributed by atoms with van der Waals surface area (Å²) in [5.41, 5.74) is 0. The molecule has 0 aliphatic carbocycles. The fourth-order valence-corrected chi connectivity index (χ4v) is 0.419. The summed E-state index contributed by atoms with van der Waals surface area (Å²) in [6.07, 6.45) is 3.29. The zero-order chi connectivity index (χ0) is 6.41. The molecule has 46 valence electrons. The lowest BCUT2D eigenvalue weighted by molar-refractivity contribution is -0.113. The minimum atomic E-state index is 0.120. The van der Waals surface area contributed by atoms with Gasteiger partial charge in [0.15, 0.2) is 5.78 Å². The van der Waals surface area contributed by atoms with Gasteiger partial charge in [0, 0.05) is 0 Å². The van der Waals surface area contributed by atoms with E-state index < -0.39 is 0 Å². The van der Waals surface area contributed by atoms with E-state index in [4.69, 9.17) is 0 Å². The van der Waals surface area contributed by atoms with Gasteiger partial charge in [-0.15, -0.1) is 0 Å². The van der Waals surface area contributed by atoms with Crippen molar-refractivity contribution in [2.75, 3.05) is 13.6 Å². The van der Waals surface area contributed by atoms with Crippen molar-refractivity contribution in [1.29, 1.82) is 0 Å². The highest BCUT2D eigenvalue weighted by molar-refractivity contribution is 5.91. The van der Waals surface area contributed by atoms with E-state index in [0.29, 0.717) is 6.54 Å². The molecule has 0 radical (unpaired) electrons. The van der Waals surface area contributed by atoms with Gasteiger partial charge in [-0.3, -0.25) is 4.79 Å². The van der Waals surface area contributed by atoms with Gasteiger partial charge in [0.05, 0.1) is 6.54 Å². The van der Waals surface area contributed by atoms with Gasteiger partial charge >= 0.3 is 0 Å². The standard InChI is InChI=1S/C6H11NO/c1-3-4-6(8)5-7-2/h3-4,7H,5H2,1-2H3/b4-3+. The molecule has 0 fully saturated rings. The Labute approximate surface area is 49.6 Å². The predicted octanol–water partition coefficient (Wildman–Crippen LogP) is 0.351. The smallest absolute Gasteiger partial charge is 0.169 e. The van der Waals surface area contributed by atoms with Crippen molar-refractivity contribution in [3.05, 3.63) is 12.2 Å². The first kappa shape index (κ1) is 7.37. The number of carbonyl (C=O) groups excluding carboxylic acids is 1. The number of allylic oxidation sites excluding steroid dienone is 1. The fraction of sp³-hybridized carbons (Fsp3) is 0.500. The third kappa shape index (κ3) is 3.56. The van der Waals surface area contributed by atoms with Gasteiger partial charge in [0.2, 0.25) is 0 Å². The van der Waals surface area contributed by atoms with Crippen LogP contribution in [0.4, 0.5) is 0 Å². The summed E-state index contributed by atoms with van der Waals surface area (Å²) in [7, 11) is 1.75. The summed E-state index contributed by atoms with van der Waals surface area (Å²) < 4.78 is 0. The quantitative estimate of drug-likeness (QED) is 0.535. The Kier molecular flexibility index (Phi) is 4.17. The van der Waals surface area contributed by atoms with Crippen molar-refractivity contribution in [2.45, 2.75) is 6.92 Å². The lowest BCUT2D eigenvalue weighted by Crippen LogP contribution is -2.15. The summed E-state index contributed by atoms with van der Waals surface area (Å²) in [6, 6.07) is 0. The second-order valence-corrected chi connectivity index (χ2v) is 1.50. The first-order valence-electron chi connectivity index (χ1n) is 2.61. The molecular formula is C6H11NO. The molecule has 1 N–H and O–H groups in total. The largest absolute Gasteiger partial charge is 0.313 e. The fourth-order valence-electron chi connectivity index (χ4n) is 0.419. The second-order valence-electron chi connectivity index (χ2n) is 1.50. The summed E-state index contributed by atoms with van der Waals surface area (Å²) in [4.78, 5) is 10.5. The molecule has 2 nitrogen and oxygen atoms in total. The van der Waals surface area contributed by atoms with E-state index in [9.17, 15) is 4.79 Å². The van der Waals surface area contributed by atoms with E-state index >= 15 is 0 Å². The van der Waals surface area contributed by atoms with Crippen LogP contribution in [-0.4, -0.2) is 19.4 Å². The molecule has 0 rings (SSSR count). The average molecular weight is 113 g/mol. The molecule has 0 atom stereocenters. The molecule has 0 unspecified atom stereocenters. The van der Waals surface area contributed by atoms with Crippen LogP contribution in [0.15, 0.2) is 12.2 Å². The van der Waals surface area contributed by atoms with E-state index in [-0.39, 0.29) is 5.78 Å². The predicted molar refractivity (Wildman–Crippen MR) is 33.7 cm³/mol. The lowest BCUT2D eigenvalue weighted by Gasteiger charge is -1.88. The number of hydrogen-bond donors (Lipinski definition) is 1. The van der Waals surface area contributed by atoms with Gasteiger partial charge in [-0.2, -0.15) is 0 Å². The lowest BCUT2D eigenvalue weighted by atomic mass is 10.3. The van der Waals surface area contributed by atoms with Crippen LogP contribution in [0, 0.1) is 0 Å². The molecule has 0 amide bonds. The SMILES string of the molecule is C/C=C/C(=O)CNC. The van der Waals surface area contributed by atoms with E-state index in [1.54, 1.807) is 19.2 Å². The molecule has 8 heavy (non-hydrogen) atoms. The van der Waals surface area contributed by atoms with Crippen molar-refractivity contribution < 1.29 is 4.79 Å². The van der Waals surface area contributed by atoms with Crippen LogP contribution in [0.1, 0.15) is 6.92 Å². The summed E-state index contributed by atoms with van der Waals surface area (Å²) in [5.74, 6) is 0.120. The number of rotatable bonds is 3. The van der Waals surface area contributed by atoms with Gasteiger partial charge in [-0.1, -0.05) is 6.08 Å². The van der Waals surface area contributed by atoms with Gasteiger partial charge in [-0.25, -0.2) is 0 Å². The van der Waals surface area contributed by atoms with E-state index in [0.717, 1.165) is 0 Å². The zero-order valence-corrected chi connectivity index (χ0v) is 5.27. The monoisotopic (exact) mass is 113 g/mol. The first-order valence-corrected chi connectivity index (χ1v) is 2.61. The highest BCUT2D eigenvalue weighted by atomic mass is 16.1. The molecule has 0 saturated heterocycles. The molecule has 0 aliphatic rings. The van der Waals surface area contributed by atoms with Crippen LogP contribution in [0.2, 0.25) is 0 Å². The molecule has 0 aromatic heterocycles. The summed E-state index contributed by atoms with van der Waals surface area (Å²) in [6.45, 7) is 2.26. The Morgan fingerprint density at radius 1 is 1.75 bits per heavy atom. The average Bonchev–Trinajstić information content (AvgIpc) is 1.68. The Morgan fingerprint density at radius 2 is 2.38 bits per heavy atom. The highest BCUT2D eigenvalue weighted by Crippen LogP contribution is 1.71. The van der Waals surface area contributed by atoms with Crippen molar-refractivity contribution in [1.82, 2.24) is 5.32 Å². The molecule has 0 aliphatic heterocycles. The molecule has 0 spiro atoms. The molecule has 0 aromatic rings. The third-order valence-corrected chi connectivity index (χ3v) is 0.704. The van der Waals surface area contributed by atoms with E-state index in [1.165, 1.54) is 0 Å². The normalized spacial score (nSPS) is 10.2. The maximum absolute atomic E-state index is 10.5. The summed E-state index contributed by atoms with van der Waals surface area (Å²) in [5, 5.41) is 2.75. The Balaban J connectivity index is 3.33. The third-order valence-electron chi connectivity index (χ3n) is 0.704. The second kappa shape index (κ2) is 4.53. The number of likely N-dealkylation sites (N-methyl/N-ethyl adjacent to an activating group) is 1. The van der Waals surface area contributed by atoms with Crippen LogP contribution in [0.3, 0.4) is 0 Å². The van der Waals surface area contributed by atoms with Crippen LogP contribution in [-0.2, 0) is 4.79 Å². The van der Waals surface area contributed by atoms with E-state index in [1.807, 2.05) is 6.92 Å². The maximum atomic E-state index is 10.5. The van der Waals surface area contributed by atoms with Crippen molar-refractivity contribution in [3.8, 4) is 0 Å². The van der Waals surface area contributed by atoms with Crippen molar-refractivity contribution >= 4 is 5.78 Å². The minimum absolute atomic E-state index is 0.120. The Morgan fingerprint density at radius 3 is 2.75 bits per heavy atom. The first-order chi connectivity index (χ1) is 3.81. The maximum Gasteiger partial charge on any atom is 0.169 e. The summed E-state index contributed by atoms with van der Waals surface area (Å²) >= 11 is 0. The number of nitrogens with one attached hydrogen (secondary N) is 1. The zero-order valence-electron chi connectivity index (χ0n) is 5.27. The Bertz CT molecular complexity index is 96.7. The van der Waals surface area contributed by atoms with Crippen LogP contribution < -0.4 is 5.32 Å². The van der Waals surface area contributed by atoms with Crippen molar-refractivity contribution in [2.24, 2.45) is 0 Å². The van der Waals surface area contributed by atoms with Crippen LogP contribution in [0.5, 0.6) is 0 Å². The molecular weight excluding hydrogens is 102 g/mol. The Hall–Kier alpha value is -0.630. The van der Waals surface area contributed by atoms with Crippen LogP contribution in [0.25, 0.3) is 0 Å². The molecule has 0 aromatic carbocycles. The van der Waals surface area contributed by atoms with Gasteiger partial charge in [0.25, 0.3) is 0 Å². The van der Waals surface area contributed by atoms with Crippen LogP contribution >= 0.6 is 0 Å².